The number of anilines is 1. The van der Waals surface area contributed by atoms with Gasteiger partial charge in [0.25, 0.3) is 0 Å². The molecule has 0 saturated heterocycles. The number of benzene rings is 1. The standard InChI is InChI=1S/C19H21N5/c1-24(2)13-12-21-18-14-17(15-8-10-20-11-9-15)19(23-22-18)16-6-4-3-5-7-16/h3-11,14H,12-13H2,1-2H3,(H,21,22). The Labute approximate surface area is 142 Å². The number of likely N-dealkylation sites (N-methyl/N-ethyl adjacent to an activating group) is 1. The molecule has 0 bridgehead atoms. The van der Waals surface area contributed by atoms with Crippen molar-refractivity contribution in [1.29, 1.82) is 0 Å². The van der Waals surface area contributed by atoms with Gasteiger partial charge in [0.2, 0.25) is 0 Å². The molecule has 0 fully saturated rings. The molecule has 122 valence electrons. The van der Waals surface area contributed by atoms with Crippen molar-refractivity contribution in [3.05, 3.63) is 60.9 Å². The van der Waals surface area contributed by atoms with Crippen molar-refractivity contribution in [2.75, 3.05) is 32.5 Å². The highest BCUT2D eigenvalue weighted by molar-refractivity contribution is 5.81. The number of hydrogen-bond acceptors (Lipinski definition) is 5. The van der Waals surface area contributed by atoms with Gasteiger partial charge in [-0.1, -0.05) is 30.3 Å². The molecule has 0 amide bonds. The molecular weight excluding hydrogens is 298 g/mol. The van der Waals surface area contributed by atoms with Crippen LogP contribution in [-0.2, 0) is 0 Å². The van der Waals surface area contributed by atoms with Crippen molar-refractivity contribution >= 4 is 5.82 Å². The van der Waals surface area contributed by atoms with E-state index in [1.165, 1.54) is 0 Å². The van der Waals surface area contributed by atoms with Gasteiger partial charge in [-0.15, -0.1) is 10.2 Å². The first-order valence-corrected chi connectivity index (χ1v) is 7.96. The van der Waals surface area contributed by atoms with Crippen molar-refractivity contribution in [2.45, 2.75) is 0 Å². The molecular formula is C19H21N5. The second-order valence-electron chi connectivity index (χ2n) is 5.82. The number of nitrogens with zero attached hydrogens (tertiary/aromatic N) is 4. The minimum absolute atomic E-state index is 0.781. The van der Waals surface area contributed by atoms with E-state index in [4.69, 9.17) is 0 Å². The number of rotatable bonds is 6. The Balaban J connectivity index is 1.97. The summed E-state index contributed by atoms with van der Waals surface area (Å²) in [6.07, 6.45) is 3.59. The summed E-state index contributed by atoms with van der Waals surface area (Å²) in [4.78, 5) is 6.24. The monoisotopic (exact) mass is 319 g/mol. The van der Waals surface area contributed by atoms with Crippen molar-refractivity contribution in [3.63, 3.8) is 0 Å². The number of aromatic nitrogens is 3. The maximum absolute atomic E-state index is 4.48. The third kappa shape index (κ3) is 3.94. The highest BCUT2D eigenvalue weighted by Gasteiger charge is 2.11. The second kappa shape index (κ2) is 7.66. The zero-order chi connectivity index (χ0) is 16.8. The topological polar surface area (TPSA) is 53.9 Å². The predicted molar refractivity (Wildman–Crippen MR) is 97.7 cm³/mol. The molecule has 5 heteroatoms. The fourth-order valence-corrected chi connectivity index (χ4v) is 2.45. The smallest absolute Gasteiger partial charge is 0.149 e. The molecule has 0 aliphatic carbocycles. The first-order valence-electron chi connectivity index (χ1n) is 7.96. The molecule has 2 heterocycles. The highest BCUT2D eigenvalue weighted by atomic mass is 15.2. The largest absolute Gasteiger partial charge is 0.367 e. The summed E-state index contributed by atoms with van der Waals surface area (Å²) in [5.74, 6) is 0.781. The van der Waals surface area contributed by atoms with E-state index in [9.17, 15) is 0 Å². The van der Waals surface area contributed by atoms with E-state index < -0.39 is 0 Å². The van der Waals surface area contributed by atoms with Crippen LogP contribution in [-0.4, -0.2) is 47.3 Å². The summed E-state index contributed by atoms with van der Waals surface area (Å²) in [7, 11) is 4.10. The normalized spacial score (nSPS) is 10.8. The summed E-state index contributed by atoms with van der Waals surface area (Å²) in [5, 5.41) is 12.2. The third-order valence-electron chi connectivity index (χ3n) is 3.70. The van der Waals surface area contributed by atoms with Gasteiger partial charge in [-0.25, -0.2) is 0 Å². The van der Waals surface area contributed by atoms with Crippen LogP contribution >= 0.6 is 0 Å². The maximum Gasteiger partial charge on any atom is 0.149 e. The SMILES string of the molecule is CN(C)CCNc1cc(-c2ccncc2)c(-c2ccccc2)nn1. The van der Waals surface area contributed by atoms with Gasteiger partial charge in [0, 0.05) is 36.6 Å². The van der Waals surface area contributed by atoms with Crippen molar-refractivity contribution < 1.29 is 0 Å². The molecule has 0 aliphatic heterocycles. The van der Waals surface area contributed by atoms with Crippen LogP contribution in [0.3, 0.4) is 0 Å². The van der Waals surface area contributed by atoms with Crippen LogP contribution in [0.5, 0.6) is 0 Å². The van der Waals surface area contributed by atoms with Crippen LogP contribution in [0.25, 0.3) is 22.4 Å². The van der Waals surface area contributed by atoms with Crippen molar-refractivity contribution in [2.24, 2.45) is 0 Å². The Morgan fingerprint density at radius 3 is 2.38 bits per heavy atom. The Hall–Kier alpha value is -2.79. The molecule has 1 N–H and O–H groups in total. The fraction of sp³-hybridized carbons (Fsp3) is 0.211. The van der Waals surface area contributed by atoms with E-state index in [0.29, 0.717) is 0 Å². The lowest BCUT2D eigenvalue weighted by Crippen LogP contribution is -2.21. The van der Waals surface area contributed by atoms with E-state index in [2.05, 4.69) is 31.5 Å². The van der Waals surface area contributed by atoms with Gasteiger partial charge < -0.3 is 10.2 Å². The lowest BCUT2D eigenvalue weighted by molar-refractivity contribution is 0.425. The minimum Gasteiger partial charge on any atom is -0.367 e. The number of pyridine rings is 1. The van der Waals surface area contributed by atoms with Crippen molar-refractivity contribution in [3.8, 4) is 22.4 Å². The van der Waals surface area contributed by atoms with Crippen LogP contribution < -0.4 is 5.32 Å². The van der Waals surface area contributed by atoms with Crippen LogP contribution in [0.2, 0.25) is 0 Å². The van der Waals surface area contributed by atoms with E-state index in [0.717, 1.165) is 41.3 Å². The first kappa shape index (κ1) is 16.1. The fourth-order valence-electron chi connectivity index (χ4n) is 2.45. The molecule has 1 aromatic carbocycles. The Kier molecular flexibility index (Phi) is 5.13. The summed E-state index contributed by atoms with van der Waals surface area (Å²) in [5.41, 5.74) is 4.05. The zero-order valence-corrected chi connectivity index (χ0v) is 14.0. The lowest BCUT2D eigenvalue weighted by atomic mass is 10.0. The second-order valence-corrected chi connectivity index (χ2v) is 5.82. The van der Waals surface area contributed by atoms with E-state index in [1.807, 2.05) is 56.6 Å². The van der Waals surface area contributed by atoms with E-state index >= 15 is 0 Å². The quantitative estimate of drug-likeness (QED) is 0.756. The number of nitrogens with one attached hydrogen (secondary N) is 1. The van der Waals surface area contributed by atoms with Gasteiger partial charge in [0.15, 0.2) is 0 Å². The highest BCUT2D eigenvalue weighted by Crippen LogP contribution is 2.30. The summed E-state index contributed by atoms with van der Waals surface area (Å²) in [6.45, 7) is 1.76. The Morgan fingerprint density at radius 2 is 1.67 bits per heavy atom. The number of hydrogen-bond donors (Lipinski definition) is 1. The average Bonchev–Trinajstić information content (AvgIpc) is 2.63. The molecule has 0 unspecified atom stereocenters. The van der Waals surface area contributed by atoms with Crippen molar-refractivity contribution in [1.82, 2.24) is 20.1 Å². The lowest BCUT2D eigenvalue weighted by Gasteiger charge is -2.13. The van der Waals surface area contributed by atoms with Gasteiger partial charge in [-0.05, 0) is 37.9 Å². The molecule has 3 aromatic rings. The van der Waals surface area contributed by atoms with Crippen LogP contribution in [0.15, 0.2) is 60.9 Å². The van der Waals surface area contributed by atoms with Crippen LogP contribution in [0.4, 0.5) is 5.82 Å². The molecule has 0 saturated carbocycles. The van der Waals surface area contributed by atoms with Gasteiger partial charge in [-0.2, -0.15) is 0 Å². The van der Waals surface area contributed by atoms with Crippen LogP contribution in [0, 0.1) is 0 Å². The van der Waals surface area contributed by atoms with Gasteiger partial charge in [0.1, 0.15) is 11.5 Å². The maximum atomic E-state index is 4.48. The van der Waals surface area contributed by atoms with Gasteiger partial charge in [0.05, 0.1) is 0 Å². The summed E-state index contributed by atoms with van der Waals surface area (Å²) >= 11 is 0. The summed E-state index contributed by atoms with van der Waals surface area (Å²) in [6, 6.07) is 16.2. The van der Waals surface area contributed by atoms with E-state index in [1.54, 1.807) is 12.4 Å². The summed E-state index contributed by atoms with van der Waals surface area (Å²) < 4.78 is 0. The molecule has 0 aliphatic rings. The van der Waals surface area contributed by atoms with E-state index in [-0.39, 0.29) is 0 Å². The van der Waals surface area contributed by atoms with Crippen LogP contribution in [0.1, 0.15) is 0 Å². The molecule has 2 aromatic heterocycles. The van der Waals surface area contributed by atoms with Gasteiger partial charge in [-0.3, -0.25) is 4.98 Å². The predicted octanol–water partition coefficient (Wildman–Crippen LogP) is 3.18. The van der Waals surface area contributed by atoms with Gasteiger partial charge >= 0.3 is 0 Å². The molecule has 0 spiro atoms. The average molecular weight is 319 g/mol. The Morgan fingerprint density at radius 1 is 0.917 bits per heavy atom. The molecule has 5 nitrogen and oxygen atoms in total. The Bertz CT molecular complexity index is 772. The minimum atomic E-state index is 0.781. The first-order chi connectivity index (χ1) is 11.7. The zero-order valence-electron chi connectivity index (χ0n) is 14.0. The third-order valence-corrected chi connectivity index (χ3v) is 3.70. The molecule has 0 atom stereocenters. The molecule has 24 heavy (non-hydrogen) atoms. The molecule has 0 radical (unpaired) electrons. The molecule has 3 rings (SSSR count).